The van der Waals surface area contributed by atoms with Crippen LogP contribution >= 0.6 is 15.9 Å². The number of halogens is 7. The van der Waals surface area contributed by atoms with Crippen LogP contribution in [0, 0.1) is 5.95 Å². The van der Waals surface area contributed by atoms with Gasteiger partial charge in [0, 0.05) is 5.33 Å². The molecular formula is C8H4BrF6N. The van der Waals surface area contributed by atoms with Crippen molar-refractivity contribution in [1.29, 1.82) is 0 Å². The molecule has 0 amide bonds. The molecule has 16 heavy (non-hydrogen) atoms. The van der Waals surface area contributed by atoms with Crippen molar-refractivity contribution in [2.24, 2.45) is 0 Å². The number of alkyl halides is 6. The van der Waals surface area contributed by atoms with Gasteiger partial charge in [-0.15, -0.1) is 0 Å². The SMILES string of the molecule is Fc1nc(CBr)cc(C(F)(F)F)c1C(F)F. The predicted molar refractivity (Wildman–Crippen MR) is 46.8 cm³/mol. The highest BCUT2D eigenvalue weighted by atomic mass is 79.9. The second-order valence-electron chi connectivity index (χ2n) is 2.80. The molecular weight excluding hydrogens is 304 g/mol. The number of rotatable bonds is 2. The number of nitrogens with zero attached hydrogens (tertiary/aromatic N) is 1. The van der Waals surface area contributed by atoms with E-state index in [2.05, 4.69) is 20.9 Å². The Morgan fingerprint density at radius 3 is 2.25 bits per heavy atom. The minimum atomic E-state index is -5.04. The summed E-state index contributed by atoms with van der Waals surface area (Å²) >= 11 is 2.77. The molecule has 0 bridgehead atoms. The van der Waals surface area contributed by atoms with E-state index in [4.69, 9.17) is 0 Å². The molecule has 0 spiro atoms. The highest BCUT2D eigenvalue weighted by molar-refractivity contribution is 9.08. The van der Waals surface area contributed by atoms with Crippen molar-refractivity contribution < 1.29 is 26.3 Å². The fraction of sp³-hybridized carbons (Fsp3) is 0.375. The van der Waals surface area contributed by atoms with E-state index in [9.17, 15) is 26.3 Å². The van der Waals surface area contributed by atoms with E-state index < -0.39 is 29.7 Å². The molecule has 1 nitrogen and oxygen atoms in total. The minimum Gasteiger partial charge on any atom is -0.223 e. The molecule has 0 saturated heterocycles. The average Bonchev–Trinajstić information content (AvgIpc) is 2.14. The lowest BCUT2D eigenvalue weighted by Crippen LogP contribution is -2.13. The Morgan fingerprint density at radius 2 is 1.88 bits per heavy atom. The molecule has 1 aromatic heterocycles. The van der Waals surface area contributed by atoms with Gasteiger partial charge in [-0.25, -0.2) is 13.8 Å². The average molecular weight is 308 g/mol. The first kappa shape index (κ1) is 13.3. The Kier molecular flexibility index (Phi) is 3.82. The van der Waals surface area contributed by atoms with E-state index in [1.807, 2.05) is 0 Å². The maximum atomic E-state index is 13.0. The van der Waals surface area contributed by atoms with Gasteiger partial charge in [0.15, 0.2) is 0 Å². The zero-order valence-corrected chi connectivity index (χ0v) is 9.04. The number of aromatic nitrogens is 1. The van der Waals surface area contributed by atoms with Crippen LogP contribution in [-0.2, 0) is 11.5 Å². The van der Waals surface area contributed by atoms with Crippen molar-refractivity contribution in [3.63, 3.8) is 0 Å². The Morgan fingerprint density at radius 1 is 1.31 bits per heavy atom. The maximum Gasteiger partial charge on any atom is 0.417 e. The van der Waals surface area contributed by atoms with Crippen LogP contribution in [0.25, 0.3) is 0 Å². The van der Waals surface area contributed by atoms with Gasteiger partial charge in [-0.05, 0) is 6.07 Å². The summed E-state index contributed by atoms with van der Waals surface area (Å²) in [6.07, 6.45) is -8.60. The molecule has 0 aliphatic heterocycles. The van der Waals surface area contributed by atoms with E-state index in [1.165, 1.54) is 0 Å². The minimum absolute atomic E-state index is 0.156. The molecule has 0 N–H and O–H groups in total. The summed E-state index contributed by atoms with van der Waals surface area (Å²) in [5.74, 6) is -1.79. The third kappa shape index (κ3) is 2.66. The van der Waals surface area contributed by atoms with E-state index in [0.29, 0.717) is 6.07 Å². The number of hydrogen-bond acceptors (Lipinski definition) is 1. The molecule has 0 fully saturated rings. The molecule has 0 unspecified atom stereocenters. The van der Waals surface area contributed by atoms with Crippen LogP contribution in [0.1, 0.15) is 23.2 Å². The van der Waals surface area contributed by atoms with E-state index in [-0.39, 0.29) is 11.0 Å². The molecule has 1 rings (SSSR count). The molecule has 0 aromatic carbocycles. The molecule has 0 aliphatic rings. The molecule has 90 valence electrons. The van der Waals surface area contributed by atoms with Crippen LogP contribution in [0.5, 0.6) is 0 Å². The Bertz CT molecular complexity index is 389. The van der Waals surface area contributed by atoms with Crippen molar-refractivity contribution in [3.8, 4) is 0 Å². The van der Waals surface area contributed by atoms with Crippen LogP contribution in [0.3, 0.4) is 0 Å². The topological polar surface area (TPSA) is 12.9 Å². The smallest absolute Gasteiger partial charge is 0.223 e. The first-order valence-electron chi connectivity index (χ1n) is 3.88. The normalized spacial score (nSPS) is 12.2. The molecule has 0 aliphatic carbocycles. The summed E-state index contributed by atoms with van der Waals surface area (Å²) in [6, 6.07) is 0.402. The molecule has 1 aromatic rings. The third-order valence-electron chi connectivity index (χ3n) is 1.73. The monoisotopic (exact) mass is 307 g/mol. The highest BCUT2D eigenvalue weighted by Gasteiger charge is 2.38. The second kappa shape index (κ2) is 4.60. The summed E-state index contributed by atoms with van der Waals surface area (Å²) in [4.78, 5) is 2.99. The summed E-state index contributed by atoms with van der Waals surface area (Å²) in [6.45, 7) is 0. The summed E-state index contributed by atoms with van der Waals surface area (Å²) < 4.78 is 74.6. The van der Waals surface area contributed by atoms with Gasteiger partial charge in [0.05, 0.1) is 16.8 Å². The van der Waals surface area contributed by atoms with Crippen LogP contribution in [0.2, 0.25) is 0 Å². The third-order valence-corrected chi connectivity index (χ3v) is 2.30. The molecule has 8 heteroatoms. The largest absolute Gasteiger partial charge is 0.417 e. The fourth-order valence-corrected chi connectivity index (χ4v) is 1.37. The van der Waals surface area contributed by atoms with Gasteiger partial charge < -0.3 is 0 Å². The maximum absolute atomic E-state index is 13.0. The molecule has 1 heterocycles. The highest BCUT2D eigenvalue weighted by Crippen LogP contribution is 2.37. The standard InChI is InChI=1S/C8H4BrF6N/c9-2-3-1-4(8(13,14)15)5(6(10)11)7(12)16-3/h1,6H,2H2. The van der Waals surface area contributed by atoms with Crippen LogP contribution < -0.4 is 0 Å². The summed E-state index contributed by atoms with van der Waals surface area (Å²) in [5, 5.41) is -0.156. The van der Waals surface area contributed by atoms with Crippen molar-refractivity contribution in [3.05, 3.63) is 28.8 Å². The molecule has 0 atom stereocenters. The van der Waals surface area contributed by atoms with E-state index >= 15 is 0 Å². The van der Waals surface area contributed by atoms with Crippen molar-refractivity contribution in [1.82, 2.24) is 4.98 Å². The number of hydrogen-bond donors (Lipinski definition) is 0. The summed E-state index contributed by atoms with van der Waals surface area (Å²) in [7, 11) is 0. The van der Waals surface area contributed by atoms with Crippen molar-refractivity contribution in [2.75, 3.05) is 0 Å². The van der Waals surface area contributed by atoms with Crippen LogP contribution in [0.4, 0.5) is 26.3 Å². The van der Waals surface area contributed by atoms with Crippen molar-refractivity contribution >= 4 is 15.9 Å². The lowest BCUT2D eigenvalue weighted by atomic mass is 10.1. The van der Waals surface area contributed by atoms with Gasteiger partial charge >= 0.3 is 6.18 Å². The Balaban J connectivity index is 3.47. The predicted octanol–water partition coefficient (Wildman–Crippen LogP) is 4.07. The van der Waals surface area contributed by atoms with E-state index in [1.54, 1.807) is 0 Å². The van der Waals surface area contributed by atoms with Crippen molar-refractivity contribution in [2.45, 2.75) is 17.9 Å². The van der Waals surface area contributed by atoms with E-state index in [0.717, 1.165) is 0 Å². The molecule has 0 saturated carbocycles. The van der Waals surface area contributed by atoms with Gasteiger partial charge in [-0.1, -0.05) is 15.9 Å². The zero-order valence-electron chi connectivity index (χ0n) is 7.45. The second-order valence-corrected chi connectivity index (χ2v) is 3.36. The van der Waals surface area contributed by atoms with Crippen LogP contribution in [-0.4, -0.2) is 4.98 Å². The van der Waals surface area contributed by atoms with Gasteiger partial charge in [-0.3, -0.25) is 0 Å². The summed E-state index contributed by atoms with van der Waals surface area (Å²) in [5.41, 5.74) is -3.70. The van der Waals surface area contributed by atoms with Gasteiger partial charge in [0.2, 0.25) is 5.95 Å². The first-order valence-corrected chi connectivity index (χ1v) is 5.00. The molecule has 0 radical (unpaired) electrons. The zero-order chi connectivity index (χ0) is 12.5. The van der Waals surface area contributed by atoms with Gasteiger partial charge in [0.25, 0.3) is 6.43 Å². The number of pyridine rings is 1. The van der Waals surface area contributed by atoms with Gasteiger partial charge in [0.1, 0.15) is 0 Å². The fourth-order valence-electron chi connectivity index (χ4n) is 1.08. The quantitative estimate of drug-likeness (QED) is 0.456. The Hall–Kier alpha value is -0.790. The lowest BCUT2D eigenvalue weighted by molar-refractivity contribution is -0.140. The van der Waals surface area contributed by atoms with Gasteiger partial charge in [-0.2, -0.15) is 17.6 Å². The lowest BCUT2D eigenvalue weighted by Gasteiger charge is -2.13. The van der Waals surface area contributed by atoms with Crippen LogP contribution in [0.15, 0.2) is 6.07 Å². The first-order chi connectivity index (χ1) is 7.27. The Labute approximate surface area is 94.6 Å².